The average Bonchev–Trinajstić information content (AvgIpc) is 1.64. The second-order valence-electron chi connectivity index (χ2n) is 3.58. The van der Waals surface area contributed by atoms with E-state index in [9.17, 15) is 4.11 Å². The van der Waals surface area contributed by atoms with E-state index in [0.29, 0.717) is 0 Å². The van der Waals surface area contributed by atoms with Gasteiger partial charge in [-0.1, -0.05) is 20.8 Å². The summed E-state index contributed by atoms with van der Waals surface area (Å²) < 4.78 is 13.3. The van der Waals surface area contributed by atoms with Crippen molar-refractivity contribution in [2.75, 3.05) is 5.50 Å². The Bertz CT molecular complexity index is 95.7. The van der Waals surface area contributed by atoms with Crippen LogP contribution in [0.4, 0.5) is 4.11 Å². The molecule has 0 aliphatic carbocycles. The van der Waals surface area contributed by atoms with Gasteiger partial charge in [-0.3, -0.25) is 0 Å². The zero-order valence-electron chi connectivity index (χ0n) is 6.46. The van der Waals surface area contributed by atoms with E-state index in [1.807, 2.05) is 20.8 Å². The molecule has 0 rings (SSSR count). The van der Waals surface area contributed by atoms with Crippen molar-refractivity contribution in [3.63, 3.8) is 0 Å². The van der Waals surface area contributed by atoms with Crippen molar-refractivity contribution in [1.82, 2.24) is 0 Å². The molecule has 0 aromatic rings. The van der Waals surface area contributed by atoms with Crippen LogP contribution in [-0.4, -0.2) is 13.9 Å². The summed E-state index contributed by atoms with van der Waals surface area (Å²) in [5, 5.41) is -0.214. The van der Waals surface area contributed by atoms with E-state index in [-0.39, 0.29) is 10.5 Å². The molecule has 0 nitrogen and oxygen atoms in total. The first-order chi connectivity index (χ1) is 3.81. The molecule has 0 aliphatic heterocycles. The highest BCUT2D eigenvalue weighted by atomic mass is 35.5. The summed E-state index contributed by atoms with van der Waals surface area (Å²) in [5.74, 6) is 0. The fourth-order valence-corrected chi connectivity index (χ4v) is 1.80. The molecule has 0 aromatic heterocycles. The Labute approximate surface area is 62.6 Å². The summed E-state index contributed by atoms with van der Waals surface area (Å²) >= 11 is 5.46. The predicted molar refractivity (Wildman–Crippen MR) is 43.2 cm³/mol. The second kappa shape index (κ2) is 2.58. The molecular weight excluding hydrogens is 155 g/mol. The molecule has 56 valence electrons. The van der Waals surface area contributed by atoms with E-state index in [1.54, 1.807) is 6.55 Å². The standard InChI is InChI=1S/C6H14ClFSi/c1-6(2,3)9(4,8)5-7/h5H2,1-4H3. The molecule has 0 amide bonds. The van der Waals surface area contributed by atoms with Crippen molar-refractivity contribution in [3.8, 4) is 0 Å². The summed E-state index contributed by atoms with van der Waals surface area (Å²) in [4.78, 5) is 0. The van der Waals surface area contributed by atoms with Gasteiger partial charge in [0.05, 0.1) is 0 Å². The summed E-state index contributed by atoms with van der Waals surface area (Å²) in [5.41, 5.74) is 0.205. The molecule has 0 saturated heterocycles. The monoisotopic (exact) mass is 168 g/mol. The zero-order chi connectivity index (χ0) is 7.71. The molecule has 0 spiro atoms. The van der Waals surface area contributed by atoms with Gasteiger partial charge in [0.2, 0.25) is 0 Å². The molecule has 0 aliphatic rings. The quantitative estimate of drug-likeness (QED) is 0.321. The minimum atomic E-state index is -2.61. The Morgan fingerprint density at radius 2 is 1.78 bits per heavy atom. The van der Waals surface area contributed by atoms with Crippen molar-refractivity contribution in [2.45, 2.75) is 32.4 Å². The first-order valence-electron chi connectivity index (χ1n) is 3.06. The first kappa shape index (κ1) is 9.44. The average molecular weight is 169 g/mol. The van der Waals surface area contributed by atoms with Crippen LogP contribution in [0.2, 0.25) is 11.6 Å². The van der Waals surface area contributed by atoms with Crippen LogP contribution in [0.3, 0.4) is 0 Å². The van der Waals surface area contributed by atoms with Gasteiger partial charge in [0.25, 0.3) is 8.41 Å². The maximum Gasteiger partial charge on any atom is 0.263 e. The Hall–Kier alpha value is 0.437. The minimum Gasteiger partial charge on any atom is -0.312 e. The van der Waals surface area contributed by atoms with E-state index < -0.39 is 8.41 Å². The first-order valence-corrected chi connectivity index (χ1v) is 6.18. The zero-order valence-corrected chi connectivity index (χ0v) is 8.22. The summed E-state index contributed by atoms with van der Waals surface area (Å²) in [6.45, 7) is 7.38. The minimum absolute atomic E-state index is 0.205. The maximum absolute atomic E-state index is 13.3. The van der Waals surface area contributed by atoms with E-state index in [2.05, 4.69) is 0 Å². The van der Waals surface area contributed by atoms with E-state index in [1.165, 1.54) is 0 Å². The number of hydrogen-bond acceptors (Lipinski definition) is 0. The molecule has 0 aromatic carbocycles. The Kier molecular flexibility index (Phi) is 2.71. The highest BCUT2D eigenvalue weighted by Gasteiger charge is 2.40. The van der Waals surface area contributed by atoms with Gasteiger partial charge >= 0.3 is 0 Å². The van der Waals surface area contributed by atoms with Gasteiger partial charge in [-0.25, -0.2) is 0 Å². The van der Waals surface area contributed by atoms with E-state index in [0.717, 1.165) is 0 Å². The summed E-state index contributed by atoms with van der Waals surface area (Å²) in [7, 11) is -2.61. The molecule has 0 N–H and O–H groups in total. The third-order valence-corrected chi connectivity index (χ3v) is 6.95. The van der Waals surface area contributed by atoms with E-state index >= 15 is 0 Å². The van der Waals surface area contributed by atoms with Crippen molar-refractivity contribution in [3.05, 3.63) is 0 Å². The second-order valence-corrected chi connectivity index (χ2v) is 8.54. The van der Waals surface area contributed by atoms with Crippen LogP contribution < -0.4 is 0 Å². The van der Waals surface area contributed by atoms with Crippen molar-refractivity contribution in [1.29, 1.82) is 0 Å². The van der Waals surface area contributed by atoms with Gasteiger partial charge in [0.1, 0.15) is 0 Å². The molecular formula is C6H14ClFSi. The summed E-state index contributed by atoms with van der Waals surface area (Å²) in [6, 6.07) is 0. The normalized spacial score (nSPS) is 19.3. The van der Waals surface area contributed by atoms with Gasteiger partial charge in [-0.15, -0.1) is 11.6 Å². The molecule has 1 atom stereocenters. The van der Waals surface area contributed by atoms with Gasteiger partial charge in [0, 0.05) is 5.50 Å². The highest BCUT2D eigenvalue weighted by Crippen LogP contribution is 2.37. The van der Waals surface area contributed by atoms with Crippen LogP contribution in [0.1, 0.15) is 20.8 Å². The lowest BCUT2D eigenvalue weighted by atomic mass is 10.2. The number of hydrogen-bond donors (Lipinski definition) is 0. The fraction of sp³-hybridized carbons (Fsp3) is 1.00. The lowest BCUT2D eigenvalue weighted by Gasteiger charge is -2.29. The Morgan fingerprint density at radius 3 is 1.78 bits per heavy atom. The lowest BCUT2D eigenvalue weighted by molar-refractivity contribution is 0.621. The molecule has 0 bridgehead atoms. The number of halogens is 2. The summed E-state index contributed by atoms with van der Waals surface area (Å²) in [6.07, 6.45) is 0. The molecule has 0 fully saturated rings. The van der Waals surface area contributed by atoms with Crippen molar-refractivity contribution < 1.29 is 4.11 Å². The van der Waals surface area contributed by atoms with Crippen molar-refractivity contribution in [2.24, 2.45) is 0 Å². The number of rotatable bonds is 1. The van der Waals surface area contributed by atoms with Gasteiger partial charge < -0.3 is 4.11 Å². The third kappa shape index (κ3) is 2.26. The molecule has 3 heteroatoms. The smallest absolute Gasteiger partial charge is 0.263 e. The fourth-order valence-electron chi connectivity index (χ4n) is 0.200. The SMILES string of the molecule is CC(C)(C)[Si](C)(F)CCl. The lowest BCUT2D eigenvalue weighted by Crippen LogP contribution is -2.38. The van der Waals surface area contributed by atoms with Gasteiger partial charge in [0.15, 0.2) is 0 Å². The molecule has 1 unspecified atom stereocenters. The topological polar surface area (TPSA) is 0 Å². The van der Waals surface area contributed by atoms with Crippen LogP contribution in [0.25, 0.3) is 0 Å². The van der Waals surface area contributed by atoms with Crippen LogP contribution in [0, 0.1) is 0 Å². The van der Waals surface area contributed by atoms with E-state index in [4.69, 9.17) is 11.6 Å². The molecule has 0 saturated carbocycles. The molecule has 0 heterocycles. The Morgan fingerprint density at radius 1 is 1.44 bits per heavy atom. The van der Waals surface area contributed by atoms with Crippen LogP contribution in [0.15, 0.2) is 0 Å². The molecule has 9 heavy (non-hydrogen) atoms. The van der Waals surface area contributed by atoms with Crippen LogP contribution in [0.5, 0.6) is 0 Å². The van der Waals surface area contributed by atoms with Crippen molar-refractivity contribution >= 4 is 20.0 Å². The maximum atomic E-state index is 13.3. The third-order valence-electron chi connectivity index (χ3n) is 1.81. The van der Waals surface area contributed by atoms with Crippen LogP contribution in [-0.2, 0) is 0 Å². The largest absolute Gasteiger partial charge is 0.312 e. The Balaban J connectivity index is 4.14. The van der Waals surface area contributed by atoms with Gasteiger partial charge in [-0.05, 0) is 11.6 Å². The highest BCUT2D eigenvalue weighted by molar-refractivity contribution is 6.80. The van der Waals surface area contributed by atoms with Gasteiger partial charge in [-0.2, -0.15) is 0 Å². The number of alkyl halides is 1. The molecule has 0 radical (unpaired) electrons. The van der Waals surface area contributed by atoms with Crippen LogP contribution >= 0.6 is 11.6 Å². The predicted octanol–water partition coefficient (Wildman–Crippen LogP) is 3.11.